The number of carbonyl (C=O) groups is 1. The van der Waals surface area contributed by atoms with Gasteiger partial charge in [-0.25, -0.2) is 0 Å². The molecule has 0 unspecified atom stereocenters. The van der Waals surface area contributed by atoms with Gasteiger partial charge in [-0.15, -0.1) is 0 Å². The molecule has 0 aliphatic carbocycles. The quantitative estimate of drug-likeness (QED) is 0.807. The SMILES string of the molecule is Cc1ccc(CN(C)C(=O)CC[C@H]2CCCO2)o1. The molecule has 0 aromatic carbocycles. The van der Waals surface area contributed by atoms with Gasteiger partial charge in [0.2, 0.25) is 5.91 Å². The predicted octanol–water partition coefficient (Wildman–Crippen LogP) is 2.51. The van der Waals surface area contributed by atoms with Crippen LogP contribution in [0.1, 0.15) is 37.2 Å². The second-order valence-electron chi connectivity index (χ2n) is 4.94. The fourth-order valence-electron chi connectivity index (χ4n) is 2.24. The Bertz CT molecular complexity index is 393. The lowest BCUT2D eigenvalue weighted by atomic mass is 10.1. The van der Waals surface area contributed by atoms with Crippen LogP contribution in [0.2, 0.25) is 0 Å². The molecule has 1 aromatic heterocycles. The summed E-state index contributed by atoms with van der Waals surface area (Å²) in [6, 6.07) is 3.83. The first-order chi connectivity index (χ1) is 8.65. The Morgan fingerprint density at radius 2 is 2.33 bits per heavy atom. The number of hydrogen-bond donors (Lipinski definition) is 0. The third-order valence-electron chi connectivity index (χ3n) is 3.32. The Morgan fingerprint density at radius 3 is 2.94 bits per heavy atom. The second kappa shape index (κ2) is 6.05. The van der Waals surface area contributed by atoms with E-state index in [1.54, 1.807) is 4.90 Å². The molecule has 0 N–H and O–H groups in total. The van der Waals surface area contributed by atoms with Gasteiger partial charge in [-0.3, -0.25) is 4.79 Å². The topological polar surface area (TPSA) is 42.7 Å². The van der Waals surface area contributed by atoms with Crippen LogP contribution >= 0.6 is 0 Å². The van der Waals surface area contributed by atoms with Crippen LogP contribution in [0.3, 0.4) is 0 Å². The van der Waals surface area contributed by atoms with Crippen molar-refractivity contribution in [2.24, 2.45) is 0 Å². The van der Waals surface area contributed by atoms with E-state index in [-0.39, 0.29) is 12.0 Å². The summed E-state index contributed by atoms with van der Waals surface area (Å²) >= 11 is 0. The summed E-state index contributed by atoms with van der Waals surface area (Å²) in [5, 5.41) is 0. The highest BCUT2D eigenvalue weighted by Gasteiger charge is 2.18. The second-order valence-corrected chi connectivity index (χ2v) is 4.94. The Morgan fingerprint density at radius 1 is 1.50 bits per heavy atom. The van der Waals surface area contributed by atoms with E-state index in [4.69, 9.17) is 9.15 Å². The highest BCUT2D eigenvalue weighted by Crippen LogP contribution is 2.17. The number of aryl methyl sites for hydroxylation is 1. The Balaban J connectivity index is 1.74. The molecule has 0 spiro atoms. The lowest BCUT2D eigenvalue weighted by Gasteiger charge is -2.17. The van der Waals surface area contributed by atoms with E-state index in [9.17, 15) is 4.79 Å². The predicted molar refractivity (Wildman–Crippen MR) is 68.1 cm³/mol. The average molecular weight is 251 g/mol. The van der Waals surface area contributed by atoms with Crippen molar-refractivity contribution in [1.29, 1.82) is 0 Å². The molecule has 1 fully saturated rings. The number of ether oxygens (including phenoxy) is 1. The van der Waals surface area contributed by atoms with Gasteiger partial charge in [-0.2, -0.15) is 0 Å². The molecule has 100 valence electrons. The molecule has 4 nitrogen and oxygen atoms in total. The van der Waals surface area contributed by atoms with Crippen LogP contribution in [0, 0.1) is 6.92 Å². The Kier molecular flexibility index (Phi) is 4.42. The molecule has 18 heavy (non-hydrogen) atoms. The summed E-state index contributed by atoms with van der Waals surface area (Å²) in [5.74, 6) is 1.87. The molecular formula is C14H21NO3. The lowest BCUT2D eigenvalue weighted by molar-refractivity contribution is -0.131. The van der Waals surface area contributed by atoms with Crippen molar-refractivity contribution in [2.75, 3.05) is 13.7 Å². The third-order valence-corrected chi connectivity index (χ3v) is 3.32. The first kappa shape index (κ1) is 13.1. The fraction of sp³-hybridized carbons (Fsp3) is 0.643. The largest absolute Gasteiger partial charge is 0.464 e. The molecule has 1 amide bonds. The normalized spacial score (nSPS) is 19.1. The molecule has 2 rings (SSSR count). The lowest BCUT2D eigenvalue weighted by Crippen LogP contribution is -2.26. The van der Waals surface area contributed by atoms with Gasteiger partial charge in [-0.05, 0) is 38.3 Å². The van der Waals surface area contributed by atoms with Gasteiger partial charge in [0, 0.05) is 20.1 Å². The summed E-state index contributed by atoms with van der Waals surface area (Å²) in [6.07, 6.45) is 3.89. The molecule has 0 radical (unpaired) electrons. The maximum Gasteiger partial charge on any atom is 0.222 e. The molecule has 0 saturated carbocycles. The highest BCUT2D eigenvalue weighted by molar-refractivity contribution is 5.75. The Labute approximate surface area is 108 Å². The van der Waals surface area contributed by atoms with E-state index in [1.165, 1.54) is 0 Å². The van der Waals surface area contributed by atoms with E-state index < -0.39 is 0 Å². The maximum absolute atomic E-state index is 11.9. The number of nitrogens with zero attached hydrogens (tertiary/aromatic N) is 1. The van der Waals surface area contributed by atoms with Crippen molar-refractivity contribution in [3.63, 3.8) is 0 Å². The van der Waals surface area contributed by atoms with Crippen molar-refractivity contribution >= 4 is 5.91 Å². The molecule has 0 bridgehead atoms. The Hall–Kier alpha value is -1.29. The van der Waals surface area contributed by atoms with Crippen LogP contribution in [0.15, 0.2) is 16.5 Å². The van der Waals surface area contributed by atoms with Gasteiger partial charge in [-0.1, -0.05) is 0 Å². The minimum Gasteiger partial charge on any atom is -0.464 e. The van der Waals surface area contributed by atoms with Gasteiger partial charge < -0.3 is 14.1 Å². The van der Waals surface area contributed by atoms with Gasteiger partial charge in [0.05, 0.1) is 12.6 Å². The van der Waals surface area contributed by atoms with Gasteiger partial charge in [0.25, 0.3) is 0 Å². The molecule has 4 heteroatoms. The summed E-state index contributed by atoms with van der Waals surface area (Å²) in [5.41, 5.74) is 0. The summed E-state index contributed by atoms with van der Waals surface area (Å²) in [6.45, 7) is 3.29. The van der Waals surface area contributed by atoms with Crippen molar-refractivity contribution < 1.29 is 13.9 Å². The molecule has 2 heterocycles. The zero-order valence-corrected chi connectivity index (χ0v) is 11.1. The van der Waals surface area contributed by atoms with Crippen molar-refractivity contribution in [2.45, 2.75) is 45.3 Å². The van der Waals surface area contributed by atoms with Crippen LogP contribution in [-0.2, 0) is 16.1 Å². The van der Waals surface area contributed by atoms with E-state index in [2.05, 4.69) is 0 Å². The van der Waals surface area contributed by atoms with Crippen molar-refractivity contribution in [1.82, 2.24) is 4.90 Å². The van der Waals surface area contributed by atoms with E-state index in [0.29, 0.717) is 13.0 Å². The molecule has 1 aromatic rings. The number of furan rings is 1. The van der Waals surface area contributed by atoms with Gasteiger partial charge in [0.15, 0.2) is 0 Å². The van der Waals surface area contributed by atoms with E-state index in [0.717, 1.165) is 37.4 Å². The molecule has 1 aliphatic rings. The smallest absolute Gasteiger partial charge is 0.222 e. The zero-order valence-electron chi connectivity index (χ0n) is 11.1. The van der Waals surface area contributed by atoms with Crippen LogP contribution < -0.4 is 0 Å². The first-order valence-corrected chi connectivity index (χ1v) is 6.56. The third kappa shape index (κ3) is 3.60. The van der Waals surface area contributed by atoms with E-state index >= 15 is 0 Å². The fourth-order valence-corrected chi connectivity index (χ4v) is 2.24. The first-order valence-electron chi connectivity index (χ1n) is 6.56. The number of hydrogen-bond acceptors (Lipinski definition) is 3. The minimum absolute atomic E-state index is 0.152. The number of amides is 1. The summed E-state index contributed by atoms with van der Waals surface area (Å²) < 4.78 is 11.0. The summed E-state index contributed by atoms with van der Waals surface area (Å²) in [7, 11) is 1.82. The van der Waals surface area contributed by atoms with Crippen LogP contribution in [0.4, 0.5) is 0 Å². The highest BCUT2D eigenvalue weighted by atomic mass is 16.5. The standard InChI is InChI=1S/C14H21NO3/c1-11-5-6-13(18-11)10-15(2)14(16)8-7-12-4-3-9-17-12/h5-6,12H,3-4,7-10H2,1-2H3/t12-/m1/s1. The molecular weight excluding hydrogens is 230 g/mol. The van der Waals surface area contributed by atoms with Gasteiger partial charge in [0.1, 0.15) is 11.5 Å². The summed E-state index contributed by atoms with van der Waals surface area (Å²) in [4.78, 5) is 13.7. The average Bonchev–Trinajstić information content (AvgIpc) is 2.97. The molecule has 1 atom stereocenters. The van der Waals surface area contributed by atoms with Gasteiger partial charge >= 0.3 is 0 Å². The number of carbonyl (C=O) groups excluding carboxylic acids is 1. The number of rotatable bonds is 5. The molecule has 1 aliphatic heterocycles. The van der Waals surface area contributed by atoms with Crippen LogP contribution in [-0.4, -0.2) is 30.6 Å². The van der Waals surface area contributed by atoms with Crippen LogP contribution in [0.25, 0.3) is 0 Å². The minimum atomic E-state index is 0.152. The van der Waals surface area contributed by atoms with Crippen molar-refractivity contribution in [3.05, 3.63) is 23.7 Å². The van der Waals surface area contributed by atoms with E-state index in [1.807, 2.05) is 26.1 Å². The zero-order chi connectivity index (χ0) is 13.0. The maximum atomic E-state index is 11.9. The van der Waals surface area contributed by atoms with Crippen molar-refractivity contribution in [3.8, 4) is 0 Å². The van der Waals surface area contributed by atoms with Crippen LogP contribution in [0.5, 0.6) is 0 Å². The molecule has 1 saturated heterocycles. The monoisotopic (exact) mass is 251 g/mol.